The van der Waals surface area contributed by atoms with Crippen LogP contribution in [0.15, 0.2) is 35.7 Å². The SMILES string of the molecule is CC(C)(C)c1ccc(O)c(NS(=O)(=O)c2cnc[nH]2)c1. The molecule has 0 fully saturated rings. The Labute approximate surface area is 117 Å². The minimum absolute atomic E-state index is 0.0574. The molecule has 1 heterocycles. The molecule has 3 N–H and O–H groups in total. The minimum atomic E-state index is -3.78. The first-order chi connectivity index (χ1) is 9.20. The van der Waals surface area contributed by atoms with Gasteiger partial charge in [-0.2, -0.15) is 8.42 Å². The summed E-state index contributed by atoms with van der Waals surface area (Å²) in [6, 6.07) is 4.87. The van der Waals surface area contributed by atoms with Crippen LogP contribution in [-0.2, 0) is 15.4 Å². The molecular weight excluding hydrogens is 278 g/mol. The number of aromatic amines is 1. The molecule has 2 aromatic rings. The van der Waals surface area contributed by atoms with Gasteiger partial charge in [0.05, 0.1) is 18.2 Å². The summed E-state index contributed by atoms with van der Waals surface area (Å²) in [5.74, 6) is -0.124. The van der Waals surface area contributed by atoms with Crippen LogP contribution in [0.25, 0.3) is 0 Å². The molecule has 0 saturated heterocycles. The molecule has 1 aromatic carbocycles. The number of sulfonamides is 1. The van der Waals surface area contributed by atoms with Crippen molar-refractivity contribution in [3.63, 3.8) is 0 Å². The number of imidazole rings is 1. The number of phenols is 1. The molecule has 2 rings (SSSR count). The second-order valence-electron chi connectivity index (χ2n) is 5.50. The summed E-state index contributed by atoms with van der Waals surface area (Å²) in [6.45, 7) is 6.02. The van der Waals surface area contributed by atoms with Crippen LogP contribution in [0.2, 0.25) is 0 Å². The van der Waals surface area contributed by atoms with E-state index in [2.05, 4.69) is 14.7 Å². The highest BCUT2D eigenvalue weighted by Crippen LogP contribution is 2.31. The van der Waals surface area contributed by atoms with Crippen molar-refractivity contribution in [2.75, 3.05) is 4.72 Å². The zero-order valence-electron chi connectivity index (χ0n) is 11.5. The Morgan fingerprint density at radius 1 is 1.30 bits per heavy atom. The van der Waals surface area contributed by atoms with Crippen LogP contribution in [0.1, 0.15) is 26.3 Å². The molecule has 1 aromatic heterocycles. The lowest BCUT2D eigenvalue weighted by atomic mass is 9.87. The molecule has 108 valence electrons. The Morgan fingerprint density at radius 3 is 2.55 bits per heavy atom. The molecule has 0 bridgehead atoms. The van der Waals surface area contributed by atoms with E-state index >= 15 is 0 Å². The van der Waals surface area contributed by atoms with Crippen molar-refractivity contribution in [3.05, 3.63) is 36.3 Å². The second kappa shape index (κ2) is 4.82. The Balaban J connectivity index is 2.39. The number of H-pyrrole nitrogens is 1. The van der Waals surface area contributed by atoms with Crippen molar-refractivity contribution in [1.82, 2.24) is 9.97 Å². The molecule has 0 aliphatic rings. The lowest BCUT2D eigenvalue weighted by Crippen LogP contribution is -2.15. The highest BCUT2D eigenvalue weighted by Gasteiger charge is 2.20. The Bertz CT molecular complexity index is 701. The van der Waals surface area contributed by atoms with Crippen LogP contribution in [0.4, 0.5) is 5.69 Å². The van der Waals surface area contributed by atoms with Gasteiger partial charge in [0.25, 0.3) is 10.0 Å². The quantitative estimate of drug-likeness (QED) is 0.757. The molecule has 0 atom stereocenters. The summed E-state index contributed by atoms with van der Waals surface area (Å²) >= 11 is 0. The van der Waals surface area contributed by atoms with E-state index in [1.807, 2.05) is 20.8 Å². The number of aromatic nitrogens is 2. The van der Waals surface area contributed by atoms with Gasteiger partial charge in [-0.1, -0.05) is 26.8 Å². The molecule has 20 heavy (non-hydrogen) atoms. The largest absolute Gasteiger partial charge is 0.506 e. The monoisotopic (exact) mass is 295 g/mol. The van der Waals surface area contributed by atoms with Gasteiger partial charge in [-0.15, -0.1) is 0 Å². The fourth-order valence-electron chi connectivity index (χ4n) is 1.67. The first kappa shape index (κ1) is 14.4. The number of nitrogens with one attached hydrogen (secondary N) is 2. The van der Waals surface area contributed by atoms with Gasteiger partial charge < -0.3 is 10.1 Å². The summed E-state index contributed by atoms with van der Waals surface area (Å²) < 4.78 is 26.5. The average Bonchev–Trinajstić information content (AvgIpc) is 2.84. The summed E-state index contributed by atoms with van der Waals surface area (Å²) in [4.78, 5) is 6.19. The molecule has 0 unspecified atom stereocenters. The lowest BCUT2D eigenvalue weighted by molar-refractivity contribution is 0.476. The highest BCUT2D eigenvalue weighted by atomic mass is 32.2. The third-order valence-corrected chi connectivity index (χ3v) is 4.16. The maximum absolute atomic E-state index is 12.1. The number of aromatic hydroxyl groups is 1. The number of anilines is 1. The van der Waals surface area contributed by atoms with E-state index in [9.17, 15) is 13.5 Å². The maximum Gasteiger partial charge on any atom is 0.279 e. The van der Waals surface area contributed by atoms with Gasteiger partial charge in [0, 0.05) is 0 Å². The van der Waals surface area contributed by atoms with Crippen LogP contribution in [0.3, 0.4) is 0 Å². The number of phenolic OH excluding ortho intramolecular Hbond substituents is 1. The molecule has 6 nitrogen and oxygen atoms in total. The van der Waals surface area contributed by atoms with Crippen LogP contribution < -0.4 is 4.72 Å². The van der Waals surface area contributed by atoms with Gasteiger partial charge in [0.15, 0.2) is 5.03 Å². The maximum atomic E-state index is 12.1. The normalized spacial score (nSPS) is 12.3. The number of hydrogen-bond acceptors (Lipinski definition) is 4. The summed E-state index contributed by atoms with van der Waals surface area (Å²) in [7, 11) is -3.78. The van der Waals surface area contributed by atoms with E-state index in [0.29, 0.717) is 0 Å². The first-order valence-corrected chi connectivity index (χ1v) is 7.53. The van der Waals surface area contributed by atoms with Gasteiger partial charge in [0.1, 0.15) is 5.75 Å². The van der Waals surface area contributed by atoms with Crippen molar-refractivity contribution in [3.8, 4) is 5.75 Å². The fourth-order valence-corrected chi connectivity index (χ4v) is 2.64. The zero-order valence-corrected chi connectivity index (χ0v) is 12.3. The van der Waals surface area contributed by atoms with E-state index in [1.165, 1.54) is 18.6 Å². The Hall–Kier alpha value is -2.02. The third kappa shape index (κ3) is 2.93. The van der Waals surface area contributed by atoms with Crippen LogP contribution in [-0.4, -0.2) is 23.5 Å². The van der Waals surface area contributed by atoms with Crippen molar-refractivity contribution >= 4 is 15.7 Å². The number of hydrogen-bond donors (Lipinski definition) is 3. The average molecular weight is 295 g/mol. The van der Waals surface area contributed by atoms with Gasteiger partial charge in [-0.3, -0.25) is 4.72 Å². The molecule has 0 aliphatic carbocycles. The number of nitrogens with zero attached hydrogens (tertiary/aromatic N) is 1. The minimum Gasteiger partial charge on any atom is -0.506 e. The van der Waals surface area contributed by atoms with E-state index in [4.69, 9.17) is 0 Å². The van der Waals surface area contributed by atoms with Crippen LogP contribution >= 0.6 is 0 Å². The van der Waals surface area contributed by atoms with E-state index in [0.717, 1.165) is 5.56 Å². The first-order valence-electron chi connectivity index (χ1n) is 6.05. The molecule has 0 spiro atoms. The van der Waals surface area contributed by atoms with Crippen LogP contribution in [0, 0.1) is 0 Å². The van der Waals surface area contributed by atoms with Crippen LogP contribution in [0.5, 0.6) is 5.75 Å². The predicted molar refractivity (Wildman–Crippen MR) is 76.2 cm³/mol. The molecule has 7 heteroatoms. The predicted octanol–water partition coefficient (Wildman–Crippen LogP) is 2.21. The fraction of sp³-hybridized carbons (Fsp3) is 0.308. The topological polar surface area (TPSA) is 95.1 Å². The second-order valence-corrected chi connectivity index (χ2v) is 7.15. The molecule has 0 saturated carbocycles. The zero-order chi connectivity index (χ0) is 15.0. The van der Waals surface area contributed by atoms with Crippen molar-refractivity contribution in [1.29, 1.82) is 0 Å². The van der Waals surface area contributed by atoms with Gasteiger partial charge in [-0.25, -0.2) is 4.98 Å². The van der Waals surface area contributed by atoms with Crippen molar-refractivity contribution in [2.24, 2.45) is 0 Å². The number of benzene rings is 1. The van der Waals surface area contributed by atoms with E-state index in [1.54, 1.807) is 12.1 Å². The van der Waals surface area contributed by atoms with E-state index < -0.39 is 10.0 Å². The number of rotatable bonds is 3. The smallest absolute Gasteiger partial charge is 0.279 e. The van der Waals surface area contributed by atoms with Gasteiger partial charge >= 0.3 is 0 Å². The Morgan fingerprint density at radius 2 is 2.00 bits per heavy atom. The van der Waals surface area contributed by atoms with E-state index in [-0.39, 0.29) is 21.9 Å². The third-order valence-electron chi connectivity index (χ3n) is 2.87. The molecule has 0 radical (unpaired) electrons. The molecule has 0 aliphatic heterocycles. The lowest BCUT2D eigenvalue weighted by Gasteiger charge is -2.20. The van der Waals surface area contributed by atoms with Crippen molar-refractivity contribution in [2.45, 2.75) is 31.2 Å². The van der Waals surface area contributed by atoms with Gasteiger partial charge in [-0.05, 0) is 23.1 Å². The molecule has 0 amide bonds. The summed E-state index contributed by atoms with van der Waals surface area (Å²) in [5, 5.41) is 9.75. The standard InChI is InChI=1S/C13H17N3O3S/c1-13(2,3)9-4-5-11(17)10(6-9)16-20(18,19)12-7-14-8-15-12/h4-8,16-17H,1-3H3,(H,14,15). The highest BCUT2D eigenvalue weighted by molar-refractivity contribution is 7.92. The van der Waals surface area contributed by atoms with Gasteiger partial charge in [0.2, 0.25) is 0 Å². The summed E-state index contributed by atoms with van der Waals surface area (Å²) in [5.41, 5.74) is 0.909. The van der Waals surface area contributed by atoms with Crippen molar-refractivity contribution < 1.29 is 13.5 Å². The molecular formula is C13H17N3O3S. The Kier molecular flexibility index (Phi) is 3.47. The summed E-state index contributed by atoms with van der Waals surface area (Å²) in [6.07, 6.45) is 2.48.